The summed E-state index contributed by atoms with van der Waals surface area (Å²) >= 11 is 5.14. The molecule has 0 saturated heterocycles. The quantitative estimate of drug-likeness (QED) is 0.920. The van der Waals surface area contributed by atoms with E-state index in [1.165, 1.54) is 0 Å². The molecule has 3 rings (SSSR count). The van der Waals surface area contributed by atoms with Crippen LogP contribution in [0.25, 0.3) is 0 Å². The first-order chi connectivity index (χ1) is 8.83. The van der Waals surface area contributed by atoms with Crippen molar-refractivity contribution in [1.82, 2.24) is 10.4 Å². The molecule has 5 heteroatoms. The van der Waals surface area contributed by atoms with Crippen LogP contribution in [0.15, 0.2) is 58.4 Å². The number of halogens is 1. The Labute approximate surface area is 118 Å². The Hall–Kier alpha value is -1.33. The van der Waals surface area contributed by atoms with Gasteiger partial charge in [-0.05, 0) is 18.2 Å². The molecule has 1 unspecified atom stereocenters. The number of aromatic nitrogens is 1. The molecular weight excluding hydrogens is 310 g/mol. The highest BCUT2D eigenvalue weighted by Crippen LogP contribution is 2.33. The lowest BCUT2D eigenvalue weighted by atomic mass is 10.2. The van der Waals surface area contributed by atoms with Gasteiger partial charge >= 0.3 is 0 Å². The molecule has 1 atom stereocenters. The molecule has 1 aromatic carbocycles. The maximum Gasteiger partial charge on any atom is 0.126 e. The summed E-state index contributed by atoms with van der Waals surface area (Å²) in [5.74, 6) is 0. The summed E-state index contributed by atoms with van der Waals surface area (Å²) in [5.41, 5.74) is 5.40. The third-order valence-corrected chi connectivity index (χ3v) is 4.28. The van der Waals surface area contributed by atoms with Crippen molar-refractivity contribution < 1.29 is 0 Å². The van der Waals surface area contributed by atoms with Crippen molar-refractivity contribution in [2.24, 2.45) is 5.10 Å². The summed E-state index contributed by atoms with van der Waals surface area (Å²) in [4.78, 5) is 4.13. The van der Waals surface area contributed by atoms with E-state index in [4.69, 9.17) is 0 Å². The summed E-state index contributed by atoms with van der Waals surface area (Å²) < 4.78 is 1.08. The van der Waals surface area contributed by atoms with Crippen molar-refractivity contribution in [1.29, 1.82) is 0 Å². The van der Waals surface area contributed by atoms with E-state index in [0.717, 1.165) is 20.6 Å². The zero-order chi connectivity index (χ0) is 12.4. The lowest BCUT2D eigenvalue weighted by Crippen LogP contribution is -2.06. The minimum Gasteiger partial charge on any atom is -0.291 e. The van der Waals surface area contributed by atoms with Gasteiger partial charge in [-0.1, -0.05) is 45.9 Å². The minimum absolute atomic E-state index is 0.150. The van der Waals surface area contributed by atoms with Crippen LogP contribution < -0.4 is 5.43 Å². The van der Waals surface area contributed by atoms with Crippen molar-refractivity contribution in [3.05, 3.63) is 64.4 Å². The molecule has 1 aliphatic rings. The molecule has 0 aliphatic carbocycles. The summed E-state index contributed by atoms with van der Waals surface area (Å²) in [6.45, 7) is 0. The molecule has 0 radical (unpaired) electrons. The lowest BCUT2D eigenvalue weighted by molar-refractivity contribution is 0.741. The second-order valence-corrected chi connectivity index (χ2v) is 5.85. The summed E-state index contributed by atoms with van der Waals surface area (Å²) in [6.07, 6.45) is 3.64. The second-order valence-electron chi connectivity index (χ2n) is 3.84. The number of nitrogens with zero attached hydrogens (tertiary/aromatic N) is 2. The van der Waals surface area contributed by atoms with Crippen LogP contribution in [0.5, 0.6) is 0 Å². The van der Waals surface area contributed by atoms with E-state index in [1.54, 1.807) is 18.0 Å². The van der Waals surface area contributed by atoms with Crippen LogP contribution in [-0.2, 0) is 0 Å². The standard InChI is InChI=1S/C13H10BrN3S/c14-11-5-3-9(4-6-11)12-16-17-13(18-12)10-2-1-7-15-8-10/h1-8,13,17H. The number of nitrogens with one attached hydrogen (secondary N) is 1. The average Bonchev–Trinajstić information content (AvgIpc) is 2.90. The first kappa shape index (κ1) is 11.7. The van der Waals surface area contributed by atoms with Gasteiger partial charge in [0, 0.05) is 28.0 Å². The van der Waals surface area contributed by atoms with E-state index in [1.807, 2.05) is 24.4 Å². The Morgan fingerprint density at radius 3 is 2.72 bits per heavy atom. The van der Waals surface area contributed by atoms with Crippen molar-refractivity contribution in [3.63, 3.8) is 0 Å². The van der Waals surface area contributed by atoms with Crippen LogP contribution in [0.3, 0.4) is 0 Å². The Morgan fingerprint density at radius 1 is 1.17 bits per heavy atom. The fraction of sp³-hybridized carbons (Fsp3) is 0.0769. The molecule has 1 aromatic heterocycles. The Morgan fingerprint density at radius 2 is 2.00 bits per heavy atom. The molecule has 90 valence electrons. The van der Waals surface area contributed by atoms with Gasteiger partial charge < -0.3 is 0 Å². The van der Waals surface area contributed by atoms with Gasteiger partial charge in [0.05, 0.1) is 0 Å². The van der Waals surface area contributed by atoms with E-state index in [2.05, 4.69) is 49.6 Å². The lowest BCUT2D eigenvalue weighted by Gasteiger charge is -2.08. The van der Waals surface area contributed by atoms with Gasteiger partial charge in [-0.15, -0.1) is 0 Å². The van der Waals surface area contributed by atoms with Crippen molar-refractivity contribution in [2.45, 2.75) is 5.37 Å². The SMILES string of the molecule is Brc1ccc(C2=NNC(c3cccnc3)S2)cc1. The molecule has 0 spiro atoms. The fourth-order valence-electron chi connectivity index (χ4n) is 1.68. The predicted octanol–water partition coefficient (Wildman–Crippen LogP) is 3.54. The van der Waals surface area contributed by atoms with Gasteiger partial charge in [-0.25, -0.2) is 0 Å². The van der Waals surface area contributed by atoms with E-state index < -0.39 is 0 Å². The van der Waals surface area contributed by atoms with Gasteiger partial charge in [0.2, 0.25) is 0 Å². The van der Waals surface area contributed by atoms with Gasteiger partial charge in [0.15, 0.2) is 0 Å². The smallest absolute Gasteiger partial charge is 0.126 e. The Balaban J connectivity index is 1.77. The molecule has 0 saturated carbocycles. The van der Waals surface area contributed by atoms with E-state index >= 15 is 0 Å². The molecule has 0 fully saturated rings. The highest BCUT2D eigenvalue weighted by atomic mass is 79.9. The van der Waals surface area contributed by atoms with Gasteiger partial charge in [-0.3, -0.25) is 10.4 Å². The largest absolute Gasteiger partial charge is 0.291 e. The Kier molecular flexibility index (Phi) is 3.34. The third kappa shape index (κ3) is 2.42. The maximum absolute atomic E-state index is 4.38. The number of benzene rings is 1. The summed E-state index contributed by atoms with van der Waals surface area (Å²) in [6, 6.07) is 12.2. The average molecular weight is 320 g/mol. The van der Waals surface area contributed by atoms with Crippen molar-refractivity contribution in [3.8, 4) is 0 Å². The summed E-state index contributed by atoms with van der Waals surface area (Å²) in [5, 5.41) is 5.54. The van der Waals surface area contributed by atoms with Crippen LogP contribution in [0.4, 0.5) is 0 Å². The van der Waals surface area contributed by atoms with Crippen LogP contribution in [-0.4, -0.2) is 10.0 Å². The molecular formula is C13H10BrN3S. The number of hydrogen-bond acceptors (Lipinski definition) is 4. The predicted molar refractivity (Wildman–Crippen MR) is 78.4 cm³/mol. The molecule has 2 aromatic rings. The molecule has 1 aliphatic heterocycles. The van der Waals surface area contributed by atoms with Crippen LogP contribution >= 0.6 is 27.7 Å². The van der Waals surface area contributed by atoms with E-state index in [-0.39, 0.29) is 5.37 Å². The van der Waals surface area contributed by atoms with Gasteiger partial charge in [0.1, 0.15) is 10.4 Å². The highest BCUT2D eigenvalue weighted by Gasteiger charge is 2.21. The molecule has 2 heterocycles. The summed E-state index contributed by atoms with van der Waals surface area (Å²) in [7, 11) is 0. The molecule has 3 nitrogen and oxygen atoms in total. The molecule has 18 heavy (non-hydrogen) atoms. The minimum atomic E-state index is 0.150. The van der Waals surface area contributed by atoms with Crippen LogP contribution in [0, 0.1) is 0 Å². The van der Waals surface area contributed by atoms with Crippen LogP contribution in [0.2, 0.25) is 0 Å². The number of hydrazone groups is 1. The second kappa shape index (κ2) is 5.12. The maximum atomic E-state index is 4.38. The van der Waals surface area contributed by atoms with Gasteiger partial charge in [-0.2, -0.15) is 5.10 Å². The Bertz CT molecular complexity index is 569. The first-order valence-electron chi connectivity index (χ1n) is 5.49. The first-order valence-corrected chi connectivity index (χ1v) is 7.16. The number of hydrogen-bond donors (Lipinski definition) is 1. The van der Waals surface area contributed by atoms with Crippen LogP contribution in [0.1, 0.15) is 16.5 Å². The zero-order valence-corrected chi connectivity index (χ0v) is 11.8. The normalized spacial score (nSPS) is 18.3. The van der Waals surface area contributed by atoms with Crippen molar-refractivity contribution in [2.75, 3.05) is 0 Å². The monoisotopic (exact) mass is 319 g/mol. The molecule has 1 N–H and O–H groups in total. The number of rotatable bonds is 2. The third-order valence-electron chi connectivity index (χ3n) is 2.59. The van der Waals surface area contributed by atoms with E-state index in [9.17, 15) is 0 Å². The number of thioether (sulfide) groups is 1. The molecule has 0 amide bonds. The topological polar surface area (TPSA) is 37.3 Å². The highest BCUT2D eigenvalue weighted by molar-refractivity contribution is 9.10. The van der Waals surface area contributed by atoms with Gasteiger partial charge in [0.25, 0.3) is 0 Å². The fourth-order valence-corrected chi connectivity index (χ4v) is 2.93. The molecule has 0 bridgehead atoms. The zero-order valence-electron chi connectivity index (χ0n) is 9.38. The number of pyridine rings is 1. The van der Waals surface area contributed by atoms with E-state index in [0.29, 0.717) is 0 Å². The van der Waals surface area contributed by atoms with Crippen molar-refractivity contribution >= 4 is 32.7 Å².